The summed E-state index contributed by atoms with van der Waals surface area (Å²) in [7, 11) is 3.27. The van der Waals surface area contributed by atoms with E-state index in [1.54, 1.807) is 20.4 Å². The molecule has 1 N–H and O–H groups in total. The predicted molar refractivity (Wildman–Crippen MR) is 80.7 cm³/mol. The van der Waals surface area contributed by atoms with E-state index in [-0.39, 0.29) is 0 Å². The third kappa shape index (κ3) is 3.33. The smallest absolute Gasteiger partial charge is 0.130 e. The highest BCUT2D eigenvalue weighted by Gasteiger charge is 2.07. The maximum Gasteiger partial charge on any atom is 0.130 e. The summed E-state index contributed by atoms with van der Waals surface area (Å²) in [6.45, 7) is 0.605. The highest BCUT2D eigenvalue weighted by Crippen LogP contribution is 2.25. The Morgan fingerprint density at radius 1 is 1.15 bits per heavy atom. The first-order chi connectivity index (χ1) is 9.78. The summed E-state index contributed by atoms with van der Waals surface area (Å²) in [6.07, 6.45) is 1.74. The number of anilines is 1. The van der Waals surface area contributed by atoms with Crippen molar-refractivity contribution in [3.63, 3.8) is 0 Å². The lowest BCUT2D eigenvalue weighted by atomic mass is 10.2. The van der Waals surface area contributed by atoms with Crippen molar-refractivity contribution in [3.8, 4) is 11.5 Å². The fraction of sp³-hybridized carbons (Fsp3) is 0.267. The lowest BCUT2D eigenvalue weighted by Crippen LogP contribution is -2.05. The van der Waals surface area contributed by atoms with Crippen LogP contribution in [0.25, 0.3) is 0 Å². The van der Waals surface area contributed by atoms with E-state index in [9.17, 15) is 0 Å². The minimum Gasteiger partial charge on any atom is -0.497 e. The van der Waals surface area contributed by atoms with Gasteiger partial charge >= 0.3 is 0 Å². The topological polar surface area (TPSA) is 43.4 Å². The molecule has 0 aliphatic rings. The van der Waals surface area contributed by atoms with Gasteiger partial charge in [0.05, 0.1) is 20.1 Å². The number of methoxy groups -OCH3 is 2. The number of halogens is 1. The molecule has 0 radical (unpaired) electrons. The van der Waals surface area contributed by atoms with E-state index in [4.69, 9.17) is 21.1 Å². The number of alkyl halides is 1. The molecular formula is C15H17ClN2O2. The second kappa shape index (κ2) is 7.01. The predicted octanol–water partition coefficient (Wildman–Crippen LogP) is 3.45. The molecule has 20 heavy (non-hydrogen) atoms. The molecule has 4 nitrogen and oxygen atoms in total. The van der Waals surface area contributed by atoms with Crippen molar-refractivity contribution < 1.29 is 9.47 Å². The maximum absolute atomic E-state index is 5.89. The van der Waals surface area contributed by atoms with Gasteiger partial charge in [0, 0.05) is 29.9 Å². The normalized spacial score (nSPS) is 10.2. The van der Waals surface area contributed by atoms with Crippen LogP contribution in [0.2, 0.25) is 0 Å². The molecule has 0 atom stereocenters. The summed E-state index contributed by atoms with van der Waals surface area (Å²) < 4.78 is 10.5. The molecule has 0 unspecified atom stereocenters. The van der Waals surface area contributed by atoms with Gasteiger partial charge in [0.1, 0.15) is 17.3 Å². The average molecular weight is 293 g/mol. The molecule has 0 amide bonds. The highest BCUT2D eigenvalue weighted by molar-refractivity contribution is 6.17. The van der Waals surface area contributed by atoms with Gasteiger partial charge in [-0.3, -0.25) is 0 Å². The summed E-state index contributed by atoms with van der Waals surface area (Å²) >= 11 is 5.89. The number of pyridine rings is 1. The fourth-order valence-electron chi connectivity index (χ4n) is 1.88. The highest BCUT2D eigenvalue weighted by atomic mass is 35.5. The van der Waals surface area contributed by atoms with Gasteiger partial charge in [0.25, 0.3) is 0 Å². The first-order valence-corrected chi connectivity index (χ1v) is 6.76. The zero-order chi connectivity index (χ0) is 14.4. The molecule has 1 aromatic carbocycles. The largest absolute Gasteiger partial charge is 0.497 e. The standard InChI is InChI=1S/C15H17ClN2O2/c1-19-13-6-5-12(14(8-13)20-2)10-18-15-11(9-16)4-3-7-17-15/h3-8H,9-10H2,1-2H3,(H,17,18). The van der Waals surface area contributed by atoms with Gasteiger partial charge < -0.3 is 14.8 Å². The third-order valence-corrected chi connectivity index (χ3v) is 3.26. The molecule has 0 saturated heterocycles. The number of nitrogens with zero attached hydrogens (tertiary/aromatic N) is 1. The molecular weight excluding hydrogens is 276 g/mol. The summed E-state index contributed by atoms with van der Waals surface area (Å²) in [4.78, 5) is 4.29. The molecule has 0 spiro atoms. The van der Waals surface area contributed by atoms with E-state index in [2.05, 4.69) is 10.3 Å². The molecule has 2 rings (SSSR count). The fourth-order valence-corrected chi connectivity index (χ4v) is 2.10. The van der Waals surface area contributed by atoms with Crippen molar-refractivity contribution in [2.45, 2.75) is 12.4 Å². The Morgan fingerprint density at radius 3 is 2.70 bits per heavy atom. The Labute approximate surface area is 123 Å². The number of nitrogens with one attached hydrogen (secondary N) is 1. The zero-order valence-corrected chi connectivity index (χ0v) is 12.3. The van der Waals surface area contributed by atoms with Crippen LogP contribution in [0.5, 0.6) is 11.5 Å². The van der Waals surface area contributed by atoms with E-state index in [1.165, 1.54) is 0 Å². The van der Waals surface area contributed by atoms with Crippen molar-refractivity contribution in [2.75, 3.05) is 19.5 Å². The number of rotatable bonds is 6. The number of ether oxygens (including phenoxy) is 2. The summed E-state index contributed by atoms with van der Waals surface area (Å²) in [5.41, 5.74) is 2.00. The lowest BCUT2D eigenvalue weighted by Gasteiger charge is -2.13. The second-order valence-electron chi connectivity index (χ2n) is 4.18. The van der Waals surface area contributed by atoms with E-state index >= 15 is 0 Å². The Balaban J connectivity index is 2.14. The molecule has 106 valence electrons. The third-order valence-electron chi connectivity index (χ3n) is 2.98. The quantitative estimate of drug-likeness (QED) is 0.828. The van der Waals surface area contributed by atoms with Crippen molar-refractivity contribution in [1.29, 1.82) is 0 Å². The Hall–Kier alpha value is -1.94. The van der Waals surface area contributed by atoms with Gasteiger partial charge in [0.15, 0.2) is 0 Å². The van der Waals surface area contributed by atoms with E-state index < -0.39 is 0 Å². The maximum atomic E-state index is 5.89. The molecule has 2 aromatic rings. The lowest BCUT2D eigenvalue weighted by molar-refractivity contribution is 0.391. The molecule has 0 aliphatic heterocycles. The van der Waals surface area contributed by atoms with Crippen LogP contribution < -0.4 is 14.8 Å². The molecule has 1 heterocycles. The monoisotopic (exact) mass is 292 g/mol. The van der Waals surface area contributed by atoms with Crippen molar-refractivity contribution >= 4 is 17.4 Å². The number of hydrogen-bond acceptors (Lipinski definition) is 4. The molecule has 0 bridgehead atoms. The van der Waals surface area contributed by atoms with Crippen molar-refractivity contribution in [2.24, 2.45) is 0 Å². The van der Waals surface area contributed by atoms with E-state index in [1.807, 2.05) is 30.3 Å². The van der Waals surface area contributed by atoms with Gasteiger partial charge in [-0.1, -0.05) is 6.07 Å². The molecule has 5 heteroatoms. The Morgan fingerprint density at radius 2 is 2.00 bits per heavy atom. The summed E-state index contributed by atoms with van der Waals surface area (Å²) in [5.74, 6) is 2.76. The summed E-state index contributed by atoms with van der Waals surface area (Å²) in [5, 5.41) is 3.28. The zero-order valence-electron chi connectivity index (χ0n) is 11.5. The van der Waals surface area contributed by atoms with Crippen LogP contribution in [0.4, 0.5) is 5.82 Å². The Bertz CT molecular complexity index is 576. The van der Waals surface area contributed by atoms with Gasteiger partial charge in [-0.15, -0.1) is 11.6 Å². The molecule has 0 aliphatic carbocycles. The van der Waals surface area contributed by atoms with Crippen LogP contribution in [-0.2, 0) is 12.4 Å². The number of benzene rings is 1. The SMILES string of the molecule is COc1ccc(CNc2ncccc2CCl)c(OC)c1. The molecule has 0 fully saturated rings. The van der Waals surface area contributed by atoms with Crippen molar-refractivity contribution in [3.05, 3.63) is 47.7 Å². The van der Waals surface area contributed by atoms with Crippen molar-refractivity contribution in [1.82, 2.24) is 4.98 Å². The van der Waals surface area contributed by atoms with Gasteiger partial charge in [-0.2, -0.15) is 0 Å². The van der Waals surface area contributed by atoms with E-state index in [0.717, 1.165) is 28.4 Å². The Kier molecular flexibility index (Phi) is 5.07. The van der Waals surface area contributed by atoms with Gasteiger partial charge in [-0.05, 0) is 18.2 Å². The van der Waals surface area contributed by atoms with Crippen LogP contribution in [0.1, 0.15) is 11.1 Å². The van der Waals surface area contributed by atoms with Crippen LogP contribution in [0.3, 0.4) is 0 Å². The van der Waals surface area contributed by atoms with Crippen LogP contribution in [-0.4, -0.2) is 19.2 Å². The van der Waals surface area contributed by atoms with Crippen LogP contribution >= 0.6 is 11.6 Å². The average Bonchev–Trinajstić information content (AvgIpc) is 2.52. The van der Waals surface area contributed by atoms with Crippen LogP contribution in [0, 0.1) is 0 Å². The second-order valence-corrected chi connectivity index (χ2v) is 4.44. The van der Waals surface area contributed by atoms with Gasteiger partial charge in [-0.25, -0.2) is 4.98 Å². The first-order valence-electron chi connectivity index (χ1n) is 6.23. The molecule has 1 aromatic heterocycles. The van der Waals surface area contributed by atoms with Crippen LogP contribution in [0.15, 0.2) is 36.5 Å². The minimum absolute atomic E-state index is 0.427. The summed E-state index contributed by atoms with van der Waals surface area (Å²) in [6, 6.07) is 9.55. The number of aromatic nitrogens is 1. The minimum atomic E-state index is 0.427. The van der Waals surface area contributed by atoms with Gasteiger partial charge in [0.2, 0.25) is 0 Å². The first kappa shape index (κ1) is 14.5. The van der Waals surface area contributed by atoms with E-state index in [0.29, 0.717) is 12.4 Å². The number of hydrogen-bond donors (Lipinski definition) is 1. The molecule has 0 saturated carbocycles.